The Balaban J connectivity index is 2.40. The minimum Gasteiger partial charge on any atom is -0.375 e. The Morgan fingerprint density at radius 3 is 2.68 bits per heavy atom. The molecule has 0 spiro atoms. The molecule has 2 amide bonds. The summed E-state index contributed by atoms with van der Waals surface area (Å²) in [4.78, 5) is 23.6. The Bertz CT molecular complexity index is 302. The highest BCUT2D eigenvalue weighted by molar-refractivity contribution is 5.88. The summed E-state index contributed by atoms with van der Waals surface area (Å²) in [5.41, 5.74) is 0. The van der Waals surface area contributed by atoms with Crippen LogP contribution < -0.4 is 16.0 Å². The van der Waals surface area contributed by atoms with Crippen LogP contribution in [-0.4, -0.2) is 50.7 Å². The smallest absolute Gasteiger partial charge is 0.246 e. The second-order valence-electron chi connectivity index (χ2n) is 5.26. The van der Waals surface area contributed by atoms with Crippen molar-refractivity contribution in [2.75, 3.05) is 26.8 Å². The van der Waals surface area contributed by atoms with Gasteiger partial charge >= 0.3 is 0 Å². The number of amides is 2. The maximum absolute atomic E-state index is 12.1. The lowest BCUT2D eigenvalue weighted by Crippen LogP contribution is -2.52. The first kappa shape index (κ1) is 15.9. The lowest BCUT2D eigenvalue weighted by molar-refractivity contribution is -0.132. The monoisotopic (exact) mass is 271 g/mol. The third-order valence-corrected chi connectivity index (χ3v) is 3.23. The highest BCUT2D eigenvalue weighted by Gasteiger charge is 2.25. The highest BCUT2D eigenvalue weighted by Crippen LogP contribution is 2.05. The van der Waals surface area contributed by atoms with Crippen molar-refractivity contribution >= 4 is 11.8 Å². The lowest BCUT2D eigenvalue weighted by Gasteiger charge is -2.22. The van der Waals surface area contributed by atoms with Crippen LogP contribution in [0, 0.1) is 5.92 Å². The number of carbonyl (C=O) groups excluding carboxylic acids is 2. The summed E-state index contributed by atoms with van der Waals surface area (Å²) < 4.78 is 4.75. The van der Waals surface area contributed by atoms with Gasteiger partial charge in [0.15, 0.2) is 0 Å². The van der Waals surface area contributed by atoms with Crippen molar-refractivity contribution in [3.63, 3.8) is 0 Å². The quantitative estimate of drug-likeness (QED) is 0.591. The number of hydrogen-bond donors (Lipinski definition) is 3. The molecule has 1 unspecified atom stereocenters. The molecule has 1 heterocycles. The van der Waals surface area contributed by atoms with Gasteiger partial charge in [0.2, 0.25) is 11.8 Å². The predicted molar refractivity (Wildman–Crippen MR) is 72.7 cm³/mol. The minimum atomic E-state index is -0.510. The van der Waals surface area contributed by atoms with Crippen molar-refractivity contribution in [1.29, 1.82) is 0 Å². The summed E-state index contributed by atoms with van der Waals surface area (Å²) >= 11 is 0. The van der Waals surface area contributed by atoms with Gasteiger partial charge in [-0.1, -0.05) is 13.8 Å². The molecule has 1 aliphatic heterocycles. The van der Waals surface area contributed by atoms with E-state index in [4.69, 9.17) is 4.74 Å². The third kappa shape index (κ3) is 5.57. The zero-order chi connectivity index (χ0) is 14.3. The van der Waals surface area contributed by atoms with Crippen molar-refractivity contribution in [2.24, 2.45) is 5.92 Å². The topological polar surface area (TPSA) is 79.5 Å². The van der Waals surface area contributed by atoms with Crippen molar-refractivity contribution in [2.45, 2.75) is 38.8 Å². The van der Waals surface area contributed by atoms with Crippen LogP contribution in [0.2, 0.25) is 0 Å². The maximum Gasteiger partial charge on any atom is 0.246 e. The number of ether oxygens (including phenoxy) is 1. The average molecular weight is 271 g/mol. The molecule has 6 heteroatoms. The van der Waals surface area contributed by atoms with Gasteiger partial charge in [0.25, 0.3) is 0 Å². The first-order valence-corrected chi connectivity index (χ1v) is 6.84. The molecule has 0 bridgehead atoms. The summed E-state index contributed by atoms with van der Waals surface area (Å²) in [5.74, 6) is -0.360. The zero-order valence-electron chi connectivity index (χ0n) is 12.0. The van der Waals surface area contributed by atoms with Crippen molar-refractivity contribution < 1.29 is 14.3 Å². The van der Waals surface area contributed by atoms with Gasteiger partial charge in [0.1, 0.15) is 12.6 Å². The standard InChI is InChI=1S/C13H25N3O3/c1-9(2)12(16-11(17)8-19-3)13(18)15-7-10-5-4-6-14-10/h9-10,12,14H,4-8H2,1-3H3,(H,15,18)(H,16,17)/t10?,12-/m0/s1. The van der Waals surface area contributed by atoms with Crippen LogP contribution in [0.5, 0.6) is 0 Å². The maximum atomic E-state index is 12.1. The van der Waals surface area contributed by atoms with E-state index in [2.05, 4.69) is 16.0 Å². The van der Waals surface area contributed by atoms with E-state index in [-0.39, 0.29) is 24.3 Å². The minimum absolute atomic E-state index is 0.0271. The van der Waals surface area contributed by atoms with Gasteiger partial charge in [-0.15, -0.1) is 0 Å². The van der Waals surface area contributed by atoms with E-state index >= 15 is 0 Å². The number of rotatable bonds is 7. The molecule has 2 atom stereocenters. The molecule has 1 aliphatic rings. The molecule has 6 nitrogen and oxygen atoms in total. The average Bonchev–Trinajstić information content (AvgIpc) is 2.86. The summed E-state index contributed by atoms with van der Waals surface area (Å²) in [5, 5.41) is 8.91. The van der Waals surface area contributed by atoms with Crippen LogP contribution >= 0.6 is 0 Å². The second kappa shape index (κ2) is 8.12. The first-order valence-electron chi connectivity index (χ1n) is 6.84. The van der Waals surface area contributed by atoms with E-state index in [1.807, 2.05) is 13.8 Å². The summed E-state index contributed by atoms with van der Waals surface area (Å²) in [6.07, 6.45) is 2.24. The fraction of sp³-hybridized carbons (Fsp3) is 0.846. The molecule has 0 saturated carbocycles. The Kier molecular flexibility index (Phi) is 6.80. The lowest BCUT2D eigenvalue weighted by atomic mass is 10.0. The van der Waals surface area contributed by atoms with Crippen LogP contribution in [0.15, 0.2) is 0 Å². The van der Waals surface area contributed by atoms with Crippen LogP contribution in [-0.2, 0) is 14.3 Å². The van der Waals surface area contributed by atoms with Crippen molar-refractivity contribution in [3.05, 3.63) is 0 Å². The summed E-state index contributed by atoms with van der Waals surface area (Å²) in [6, 6.07) is -0.157. The van der Waals surface area contributed by atoms with E-state index in [9.17, 15) is 9.59 Å². The molecular formula is C13H25N3O3. The molecule has 1 saturated heterocycles. The molecule has 0 aliphatic carbocycles. The fourth-order valence-electron chi connectivity index (χ4n) is 2.15. The molecular weight excluding hydrogens is 246 g/mol. The zero-order valence-corrected chi connectivity index (χ0v) is 12.0. The number of hydrogen-bond acceptors (Lipinski definition) is 4. The SMILES string of the molecule is COCC(=O)N[C@H](C(=O)NCC1CCCN1)C(C)C. The van der Waals surface area contributed by atoms with Gasteiger partial charge in [0, 0.05) is 19.7 Å². The molecule has 19 heavy (non-hydrogen) atoms. The molecule has 1 rings (SSSR count). The number of methoxy groups -OCH3 is 1. The normalized spacial score (nSPS) is 20.3. The highest BCUT2D eigenvalue weighted by atomic mass is 16.5. The predicted octanol–water partition coefficient (Wildman–Crippen LogP) is -0.358. The molecule has 3 N–H and O–H groups in total. The Labute approximate surface area is 114 Å². The fourth-order valence-corrected chi connectivity index (χ4v) is 2.15. The van der Waals surface area contributed by atoms with Crippen LogP contribution in [0.4, 0.5) is 0 Å². The molecule has 0 aromatic heterocycles. The van der Waals surface area contributed by atoms with Gasteiger partial charge in [-0.2, -0.15) is 0 Å². The van der Waals surface area contributed by atoms with E-state index in [1.54, 1.807) is 0 Å². The Morgan fingerprint density at radius 2 is 2.16 bits per heavy atom. The Hall–Kier alpha value is -1.14. The number of carbonyl (C=O) groups is 2. The van der Waals surface area contributed by atoms with Gasteiger partial charge < -0.3 is 20.7 Å². The number of nitrogens with one attached hydrogen (secondary N) is 3. The molecule has 0 aromatic carbocycles. The van der Waals surface area contributed by atoms with E-state index < -0.39 is 6.04 Å². The largest absolute Gasteiger partial charge is 0.375 e. The molecule has 0 radical (unpaired) electrons. The van der Waals surface area contributed by atoms with E-state index in [1.165, 1.54) is 7.11 Å². The van der Waals surface area contributed by atoms with Crippen LogP contribution in [0.1, 0.15) is 26.7 Å². The van der Waals surface area contributed by atoms with Crippen molar-refractivity contribution in [3.8, 4) is 0 Å². The van der Waals surface area contributed by atoms with Gasteiger partial charge in [-0.3, -0.25) is 9.59 Å². The molecule has 0 aromatic rings. The summed E-state index contributed by atoms with van der Waals surface area (Å²) in [7, 11) is 1.45. The van der Waals surface area contributed by atoms with Crippen molar-refractivity contribution in [1.82, 2.24) is 16.0 Å². The van der Waals surface area contributed by atoms with Gasteiger partial charge in [0.05, 0.1) is 0 Å². The van der Waals surface area contributed by atoms with Gasteiger partial charge in [-0.25, -0.2) is 0 Å². The summed E-state index contributed by atoms with van der Waals surface area (Å²) in [6.45, 7) is 5.41. The molecule has 110 valence electrons. The van der Waals surface area contributed by atoms with Crippen LogP contribution in [0.25, 0.3) is 0 Å². The first-order chi connectivity index (χ1) is 9.04. The van der Waals surface area contributed by atoms with E-state index in [0.717, 1.165) is 19.4 Å². The second-order valence-corrected chi connectivity index (χ2v) is 5.26. The van der Waals surface area contributed by atoms with E-state index in [0.29, 0.717) is 12.6 Å². The third-order valence-electron chi connectivity index (χ3n) is 3.23. The van der Waals surface area contributed by atoms with Gasteiger partial charge in [-0.05, 0) is 25.3 Å². The van der Waals surface area contributed by atoms with Crippen LogP contribution in [0.3, 0.4) is 0 Å². The molecule has 1 fully saturated rings. The Morgan fingerprint density at radius 1 is 1.42 bits per heavy atom.